The van der Waals surface area contributed by atoms with Crippen LogP contribution in [-0.2, 0) is 14.3 Å². The van der Waals surface area contributed by atoms with E-state index in [1.165, 1.54) is 0 Å². The number of carboxylic acid groups (broad SMARTS) is 1. The van der Waals surface area contributed by atoms with E-state index in [-0.39, 0.29) is 12.5 Å². The van der Waals surface area contributed by atoms with Crippen molar-refractivity contribution in [2.24, 2.45) is 5.92 Å². The van der Waals surface area contributed by atoms with Gasteiger partial charge < -0.3 is 20.5 Å². The summed E-state index contributed by atoms with van der Waals surface area (Å²) in [7, 11) is 0. The van der Waals surface area contributed by atoms with E-state index in [0.29, 0.717) is 25.2 Å². The minimum Gasteiger partial charge on any atom is -0.480 e. The van der Waals surface area contributed by atoms with E-state index in [2.05, 4.69) is 22.8 Å². The van der Waals surface area contributed by atoms with Gasteiger partial charge in [-0.2, -0.15) is 0 Å². The van der Waals surface area contributed by atoms with Crippen molar-refractivity contribution in [3.63, 3.8) is 0 Å². The van der Waals surface area contributed by atoms with E-state index in [0.717, 1.165) is 22.3 Å². The molecule has 0 bridgehead atoms. The number of hydrogen-bond acceptors (Lipinski definition) is 4. The maximum absolute atomic E-state index is 12.6. The van der Waals surface area contributed by atoms with Crippen LogP contribution in [0.5, 0.6) is 0 Å². The van der Waals surface area contributed by atoms with Crippen molar-refractivity contribution in [2.75, 3.05) is 6.61 Å². The van der Waals surface area contributed by atoms with Gasteiger partial charge in [-0.05, 0) is 47.4 Å². The molecule has 0 aromatic heterocycles. The van der Waals surface area contributed by atoms with Crippen LogP contribution >= 0.6 is 0 Å². The largest absolute Gasteiger partial charge is 0.480 e. The Kier molecular flexibility index (Phi) is 8.09. The number of carboxylic acids is 1. The molecule has 0 heterocycles. The van der Waals surface area contributed by atoms with Crippen molar-refractivity contribution < 1.29 is 24.2 Å². The molecule has 0 saturated heterocycles. The molecule has 3 rings (SSSR count). The van der Waals surface area contributed by atoms with Crippen molar-refractivity contribution in [1.82, 2.24) is 10.6 Å². The summed E-state index contributed by atoms with van der Waals surface area (Å²) in [5, 5.41) is 14.5. The average Bonchev–Trinajstić information content (AvgIpc) is 3.12. The number of aliphatic carboxylic acids is 1. The van der Waals surface area contributed by atoms with Crippen molar-refractivity contribution in [3.05, 3.63) is 59.7 Å². The Bertz CT molecular complexity index is 958. The maximum Gasteiger partial charge on any atom is 0.407 e. The highest BCUT2D eigenvalue weighted by Crippen LogP contribution is 2.44. The van der Waals surface area contributed by atoms with Gasteiger partial charge in [0, 0.05) is 5.92 Å². The van der Waals surface area contributed by atoms with Crippen molar-refractivity contribution in [3.8, 4) is 11.1 Å². The topological polar surface area (TPSA) is 105 Å². The van der Waals surface area contributed by atoms with Crippen molar-refractivity contribution in [2.45, 2.75) is 58.0 Å². The van der Waals surface area contributed by atoms with E-state index in [4.69, 9.17) is 4.74 Å². The zero-order chi connectivity index (χ0) is 24.0. The van der Waals surface area contributed by atoms with E-state index < -0.39 is 30.1 Å². The predicted octanol–water partition coefficient (Wildman–Crippen LogP) is 4.31. The van der Waals surface area contributed by atoms with Crippen LogP contribution in [0.3, 0.4) is 0 Å². The van der Waals surface area contributed by atoms with Gasteiger partial charge in [-0.15, -0.1) is 0 Å². The summed E-state index contributed by atoms with van der Waals surface area (Å²) in [6, 6.07) is 14.2. The lowest BCUT2D eigenvalue weighted by Gasteiger charge is -2.21. The Morgan fingerprint density at radius 1 is 0.909 bits per heavy atom. The van der Waals surface area contributed by atoms with Crippen LogP contribution in [0, 0.1) is 5.92 Å². The summed E-state index contributed by atoms with van der Waals surface area (Å²) in [5.74, 6) is -1.36. The smallest absolute Gasteiger partial charge is 0.407 e. The van der Waals surface area contributed by atoms with Crippen molar-refractivity contribution in [1.29, 1.82) is 0 Å². The lowest BCUT2D eigenvalue weighted by molar-refractivity contribution is -0.142. The number of amides is 2. The highest BCUT2D eigenvalue weighted by atomic mass is 16.5. The second-order valence-corrected chi connectivity index (χ2v) is 8.80. The number of carbonyl (C=O) groups is 3. The molecule has 176 valence electrons. The van der Waals surface area contributed by atoms with Gasteiger partial charge in [-0.25, -0.2) is 9.59 Å². The number of nitrogens with one attached hydrogen (secondary N) is 2. The van der Waals surface area contributed by atoms with E-state index in [1.807, 2.05) is 50.2 Å². The van der Waals surface area contributed by atoms with Crippen molar-refractivity contribution >= 4 is 18.0 Å². The van der Waals surface area contributed by atoms with Gasteiger partial charge in [0.05, 0.1) is 0 Å². The fraction of sp³-hybridized carbons (Fsp3) is 0.423. The summed E-state index contributed by atoms with van der Waals surface area (Å²) < 4.78 is 5.51. The second-order valence-electron chi connectivity index (χ2n) is 8.80. The van der Waals surface area contributed by atoms with Gasteiger partial charge in [0.2, 0.25) is 5.91 Å². The van der Waals surface area contributed by atoms with Crippen LogP contribution in [0.2, 0.25) is 0 Å². The van der Waals surface area contributed by atoms with Crippen LogP contribution in [0.4, 0.5) is 4.79 Å². The zero-order valence-corrected chi connectivity index (χ0v) is 19.3. The molecule has 7 nitrogen and oxygen atoms in total. The molecular formula is C26H32N2O5. The van der Waals surface area contributed by atoms with Gasteiger partial charge in [0.15, 0.2) is 0 Å². The normalized spacial score (nSPS) is 14.2. The molecular weight excluding hydrogens is 420 g/mol. The first-order valence-electron chi connectivity index (χ1n) is 11.5. The van der Waals surface area contributed by atoms with Crippen LogP contribution < -0.4 is 10.6 Å². The molecule has 2 aromatic rings. The lowest BCUT2D eigenvalue weighted by atomic mass is 9.98. The first kappa shape index (κ1) is 24.3. The molecule has 0 fully saturated rings. The average molecular weight is 453 g/mol. The van der Waals surface area contributed by atoms with E-state index >= 15 is 0 Å². The minimum atomic E-state index is -1.08. The van der Waals surface area contributed by atoms with E-state index in [1.54, 1.807) is 6.92 Å². The predicted molar refractivity (Wildman–Crippen MR) is 126 cm³/mol. The quantitative estimate of drug-likeness (QED) is 0.498. The Labute approximate surface area is 194 Å². The van der Waals surface area contributed by atoms with Gasteiger partial charge in [-0.3, -0.25) is 4.79 Å². The van der Waals surface area contributed by atoms with Gasteiger partial charge in [-0.1, -0.05) is 69.3 Å². The SMILES string of the molecule is CC[C@@H](NC(=O)OCC1c2ccccc2-c2ccccc21)C(=O)NC(CCC(C)C)C(=O)O. The summed E-state index contributed by atoms with van der Waals surface area (Å²) in [6.45, 7) is 5.88. The number of rotatable bonds is 10. The molecule has 1 aliphatic carbocycles. The van der Waals surface area contributed by atoms with Crippen LogP contribution in [0.25, 0.3) is 11.1 Å². The number of fused-ring (bicyclic) bond motifs is 3. The monoisotopic (exact) mass is 452 g/mol. The summed E-state index contributed by atoms with van der Waals surface area (Å²) in [5.41, 5.74) is 4.47. The summed E-state index contributed by atoms with van der Waals surface area (Å²) in [4.78, 5) is 36.6. The standard InChI is InChI=1S/C26H32N2O5/c1-4-22(24(29)27-23(25(30)31)14-13-16(2)3)28-26(32)33-15-21-19-11-7-5-9-17(19)18-10-6-8-12-20(18)21/h5-12,16,21-23H,4,13-15H2,1-3H3,(H,27,29)(H,28,32)(H,30,31)/t22-,23?/m1/s1. The number of ether oxygens (including phenoxy) is 1. The van der Waals surface area contributed by atoms with Crippen LogP contribution in [0.15, 0.2) is 48.5 Å². The molecule has 0 aliphatic heterocycles. The van der Waals surface area contributed by atoms with Gasteiger partial charge >= 0.3 is 12.1 Å². The molecule has 0 saturated carbocycles. The second kappa shape index (κ2) is 11.0. The molecule has 1 unspecified atom stereocenters. The van der Waals surface area contributed by atoms with Crippen LogP contribution in [-0.4, -0.2) is 41.8 Å². The number of hydrogen-bond donors (Lipinski definition) is 3. The van der Waals surface area contributed by atoms with Gasteiger partial charge in [0.1, 0.15) is 18.7 Å². The zero-order valence-electron chi connectivity index (χ0n) is 19.3. The fourth-order valence-corrected chi connectivity index (χ4v) is 4.17. The van der Waals surface area contributed by atoms with Gasteiger partial charge in [0.25, 0.3) is 0 Å². The highest BCUT2D eigenvalue weighted by molar-refractivity contribution is 5.89. The maximum atomic E-state index is 12.6. The fourth-order valence-electron chi connectivity index (χ4n) is 4.17. The lowest BCUT2D eigenvalue weighted by Crippen LogP contribution is -2.51. The molecule has 2 atom stereocenters. The van der Waals surface area contributed by atoms with Crippen LogP contribution in [0.1, 0.15) is 57.1 Å². The summed E-state index contributed by atoms with van der Waals surface area (Å²) in [6.07, 6.45) is 0.619. The first-order chi connectivity index (χ1) is 15.8. The highest BCUT2D eigenvalue weighted by Gasteiger charge is 2.30. The molecule has 2 amide bonds. The molecule has 1 aliphatic rings. The third kappa shape index (κ3) is 5.92. The third-order valence-corrected chi connectivity index (χ3v) is 6.01. The Morgan fingerprint density at radius 2 is 1.48 bits per heavy atom. The Morgan fingerprint density at radius 3 is 2.00 bits per heavy atom. The molecule has 3 N–H and O–H groups in total. The summed E-state index contributed by atoms with van der Waals surface area (Å²) >= 11 is 0. The number of alkyl carbamates (subject to hydrolysis) is 1. The van der Waals surface area contributed by atoms with E-state index in [9.17, 15) is 19.5 Å². The molecule has 2 aromatic carbocycles. The minimum absolute atomic E-state index is 0.0792. The Hall–Kier alpha value is -3.35. The molecule has 33 heavy (non-hydrogen) atoms. The molecule has 0 radical (unpaired) electrons. The number of carbonyl (C=O) groups excluding carboxylic acids is 2. The third-order valence-electron chi connectivity index (χ3n) is 6.01. The molecule has 7 heteroatoms. The number of benzene rings is 2. The molecule has 0 spiro atoms. The first-order valence-corrected chi connectivity index (χ1v) is 11.5. The Balaban J connectivity index is 1.59.